The van der Waals surface area contributed by atoms with Gasteiger partial charge in [-0.05, 0) is 24.1 Å². The van der Waals surface area contributed by atoms with Crippen LogP contribution in [0.4, 0.5) is 13.2 Å². The number of halogens is 3. The number of benzene rings is 1. The van der Waals surface area contributed by atoms with Crippen molar-refractivity contribution in [2.24, 2.45) is 0 Å². The van der Waals surface area contributed by atoms with E-state index in [-0.39, 0.29) is 18.4 Å². The molecule has 2 N–H and O–H groups in total. The van der Waals surface area contributed by atoms with Crippen LogP contribution >= 0.6 is 0 Å². The van der Waals surface area contributed by atoms with Gasteiger partial charge in [0, 0.05) is 12.6 Å². The Morgan fingerprint density at radius 2 is 1.89 bits per heavy atom. The topological polar surface area (TPSA) is 41.5 Å². The number of aliphatic hydroxyl groups is 1. The van der Waals surface area contributed by atoms with Crippen molar-refractivity contribution in [1.82, 2.24) is 5.32 Å². The first-order chi connectivity index (χ1) is 8.44. The molecule has 6 heteroatoms. The Morgan fingerprint density at radius 1 is 1.28 bits per heavy atom. The van der Waals surface area contributed by atoms with E-state index in [1.807, 2.05) is 6.92 Å². The molecule has 1 aromatic rings. The fourth-order valence-corrected chi connectivity index (χ4v) is 1.41. The first-order valence-corrected chi connectivity index (χ1v) is 5.63. The van der Waals surface area contributed by atoms with E-state index >= 15 is 0 Å². The number of ether oxygens (including phenoxy) is 1. The molecule has 0 spiro atoms. The Bertz CT molecular complexity index is 347. The molecule has 0 amide bonds. The van der Waals surface area contributed by atoms with Crippen LogP contribution in [-0.4, -0.2) is 24.1 Å². The quantitative estimate of drug-likeness (QED) is 0.828. The summed E-state index contributed by atoms with van der Waals surface area (Å²) in [7, 11) is 0. The lowest BCUT2D eigenvalue weighted by Crippen LogP contribution is -2.31. The van der Waals surface area contributed by atoms with Crippen molar-refractivity contribution in [2.75, 3.05) is 6.61 Å². The zero-order valence-corrected chi connectivity index (χ0v) is 10.00. The zero-order valence-electron chi connectivity index (χ0n) is 10.00. The minimum Gasteiger partial charge on any atom is -0.406 e. The van der Waals surface area contributed by atoms with Crippen LogP contribution in [0.15, 0.2) is 24.3 Å². The lowest BCUT2D eigenvalue weighted by Gasteiger charge is -2.14. The monoisotopic (exact) mass is 263 g/mol. The minimum absolute atomic E-state index is 0.00361. The molecule has 0 aliphatic carbocycles. The third-order valence-corrected chi connectivity index (χ3v) is 2.46. The number of rotatable bonds is 6. The van der Waals surface area contributed by atoms with E-state index in [0.717, 1.165) is 12.0 Å². The average molecular weight is 263 g/mol. The smallest absolute Gasteiger partial charge is 0.406 e. The van der Waals surface area contributed by atoms with Gasteiger partial charge in [0.25, 0.3) is 0 Å². The number of hydrogen-bond acceptors (Lipinski definition) is 3. The minimum atomic E-state index is -4.66. The van der Waals surface area contributed by atoms with Gasteiger partial charge in [0.1, 0.15) is 5.75 Å². The maximum Gasteiger partial charge on any atom is 0.573 e. The summed E-state index contributed by atoms with van der Waals surface area (Å²) >= 11 is 0. The SMILES string of the molecule is CCC(CO)NCc1ccc(OC(F)(F)F)cc1. The Morgan fingerprint density at radius 3 is 2.33 bits per heavy atom. The molecular weight excluding hydrogens is 247 g/mol. The van der Waals surface area contributed by atoms with Gasteiger partial charge in [-0.2, -0.15) is 0 Å². The summed E-state index contributed by atoms with van der Waals surface area (Å²) in [4.78, 5) is 0. The Balaban J connectivity index is 2.50. The van der Waals surface area contributed by atoms with Crippen molar-refractivity contribution in [3.05, 3.63) is 29.8 Å². The second-order valence-electron chi connectivity index (χ2n) is 3.86. The summed E-state index contributed by atoms with van der Waals surface area (Å²) in [6.45, 7) is 2.46. The van der Waals surface area contributed by atoms with Crippen LogP contribution in [0, 0.1) is 0 Å². The van der Waals surface area contributed by atoms with Crippen molar-refractivity contribution < 1.29 is 23.0 Å². The number of nitrogens with one attached hydrogen (secondary N) is 1. The van der Waals surface area contributed by atoms with Gasteiger partial charge in [0.05, 0.1) is 6.61 Å². The lowest BCUT2D eigenvalue weighted by molar-refractivity contribution is -0.274. The fraction of sp³-hybridized carbons (Fsp3) is 0.500. The molecule has 3 nitrogen and oxygen atoms in total. The van der Waals surface area contributed by atoms with Gasteiger partial charge < -0.3 is 15.2 Å². The van der Waals surface area contributed by atoms with Crippen molar-refractivity contribution in [1.29, 1.82) is 0 Å². The maximum atomic E-state index is 11.9. The van der Waals surface area contributed by atoms with Crippen molar-refractivity contribution in [3.8, 4) is 5.75 Å². The van der Waals surface area contributed by atoms with E-state index < -0.39 is 6.36 Å². The molecule has 1 aromatic carbocycles. The van der Waals surface area contributed by atoms with E-state index in [0.29, 0.717) is 6.54 Å². The molecule has 0 aromatic heterocycles. The van der Waals surface area contributed by atoms with E-state index in [1.165, 1.54) is 12.1 Å². The highest BCUT2D eigenvalue weighted by Crippen LogP contribution is 2.22. The number of alkyl halides is 3. The Kier molecular flexibility index (Phi) is 5.43. The largest absolute Gasteiger partial charge is 0.573 e. The molecule has 0 bridgehead atoms. The van der Waals surface area contributed by atoms with Crippen molar-refractivity contribution >= 4 is 0 Å². The normalized spacial score (nSPS) is 13.4. The molecule has 1 atom stereocenters. The predicted molar refractivity (Wildman–Crippen MR) is 61.1 cm³/mol. The van der Waals surface area contributed by atoms with Crippen molar-refractivity contribution in [2.45, 2.75) is 32.3 Å². The molecule has 1 rings (SSSR count). The molecular formula is C12H16F3NO2. The molecule has 102 valence electrons. The second-order valence-corrected chi connectivity index (χ2v) is 3.86. The molecule has 0 aliphatic heterocycles. The summed E-state index contributed by atoms with van der Waals surface area (Å²) < 4.78 is 39.5. The van der Waals surface area contributed by atoms with Gasteiger partial charge in [0.2, 0.25) is 0 Å². The molecule has 0 saturated carbocycles. The van der Waals surface area contributed by atoms with E-state index in [1.54, 1.807) is 12.1 Å². The average Bonchev–Trinajstić information content (AvgIpc) is 2.30. The summed E-state index contributed by atoms with van der Waals surface area (Å²) in [5, 5.41) is 12.1. The second kappa shape index (κ2) is 6.61. The Labute approximate surface area is 104 Å². The highest BCUT2D eigenvalue weighted by atomic mass is 19.4. The summed E-state index contributed by atoms with van der Waals surface area (Å²) in [5.74, 6) is -0.236. The molecule has 0 heterocycles. The summed E-state index contributed by atoms with van der Waals surface area (Å²) in [6.07, 6.45) is -3.88. The fourth-order valence-electron chi connectivity index (χ4n) is 1.41. The van der Waals surface area contributed by atoms with Crippen LogP contribution in [0.3, 0.4) is 0 Å². The van der Waals surface area contributed by atoms with Gasteiger partial charge in [-0.1, -0.05) is 19.1 Å². The highest BCUT2D eigenvalue weighted by Gasteiger charge is 2.30. The highest BCUT2D eigenvalue weighted by molar-refractivity contribution is 5.27. The van der Waals surface area contributed by atoms with Crippen LogP contribution in [0.25, 0.3) is 0 Å². The van der Waals surface area contributed by atoms with Gasteiger partial charge in [-0.3, -0.25) is 0 Å². The molecule has 1 unspecified atom stereocenters. The van der Waals surface area contributed by atoms with E-state index in [9.17, 15) is 13.2 Å². The van der Waals surface area contributed by atoms with Gasteiger partial charge in [0.15, 0.2) is 0 Å². The third-order valence-electron chi connectivity index (χ3n) is 2.46. The summed E-state index contributed by atoms with van der Waals surface area (Å²) in [5.41, 5.74) is 0.830. The maximum absolute atomic E-state index is 11.9. The standard InChI is InChI=1S/C12H16F3NO2/c1-2-10(8-17)16-7-9-3-5-11(6-4-9)18-12(13,14)15/h3-6,10,16-17H,2,7-8H2,1H3. The van der Waals surface area contributed by atoms with Crippen LogP contribution in [0.5, 0.6) is 5.75 Å². The van der Waals surface area contributed by atoms with Gasteiger partial charge in [-0.25, -0.2) is 0 Å². The van der Waals surface area contributed by atoms with Crippen LogP contribution in [0.2, 0.25) is 0 Å². The van der Waals surface area contributed by atoms with E-state index in [4.69, 9.17) is 5.11 Å². The van der Waals surface area contributed by atoms with Crippen LogP contribution < -0.4 is 10.1 Å². The van der Waals surface area contributed by atoms with Crippen molar-refractivity contribution in [3.63, 3.8) is 0 Å². The zero-order chi connectivity index (χ0) is 13.6. The number of aliphatic hydroxyl groups excluding tert-OH is 1. The predicted octanol–water partition coefficient (Wildman–Crippen LogP) is 2.45. The van der Waals surface area contributed by atoms with Gasteiger partial charge in [-0.15, -0.1) is 13.2 Å². The first kappa shape index (κ1) is 14.8. The lowest BCUT2D eigenvalue weighted by atomic mass is 10.2. The molecule has 0 radical (unpaired) electrons. The Hall–Kier alpha value is -1.27. The molecule has 0 aliphatic rings. The first-order valence-electron chi connectivity index (χ1n) is 5.63. The molecule has 18 heavy (non-hydrogen) atoms. The number of hydrogen-bond donors (Lipinski definition) is 2. The van der Waals surface area contributed by atoms with Crippen LogP contribution in [-0.2, 0) is 6.54 Å². The van der Waals surface area contributed by atoms with Gasteiger partial charge >= 0.3 is 6.36 Å². The van der Waals surface area contributed by atoms with E-state index in [2.05, 4.69) is 10.1 Å². The van der Waals surface area contributed by atoms with Crippen LogP contribution in [0.1, 0.15) is 18.9 Å². The third kappa shape index (κ3) is 5.37. The molecule has 0 saturated heterocycles. The summed E-state index contributed by atoms with van der Waals surface area (Å²) in [6, 6.07) is 5.64. The molecule has 0 fully saturated rings.